The van der Waals surface area contributed by atoms with Crippen molar-refractivity contribution in [1.29, 1.82) is 0 Å². The molecule has 1 amide bonds. The minimum Gasteiger partial charge on any atom is -0.307 e. The quantitative estimate of drug-likeness (QED) is 0.862. The standard InChI is InChI=1S/C21H19NO3/c1-13(23)10-15-11-16-12-22(21(25)14-6-3-2-4-7-14)18-9-5-8-17(19(16)18)20(15)24/h2-9,15-16H,10-12H2,1H3. The van der Waals surface area contributed by atoms with E-state index in [1.807, 2.05) is 48.5 Å². The zero-order valence-electron chi connectivity index (χ0n) is 14.1. The van der Waals surface area contributed by atoms with E-state index in [2.05, 4.69) is 0 Å². The van der Waals surface area contributed by atoms with Crippen molar-refractivity contribution in [3.8, 4) is 0 Å². The predicted molar refractivity (Wildman–Crippen MR) is 95.0 cm³/mol. The molecule has 4 rings (SSSR count). The molecule has 2 aliphatic rings. The molecular formula is C21H19NO3. The third-order valence-electron chi connectivity index (χ3n) is 5.19. The van der Waals surface area contributed by atoms with Crippen LogP contribution in [0.4, 0.5) is 5.69 Å². The third kappa shape index (κ3) is 2.58. The number of nitrogens with zero attached hydrogens (tertiary/aromatic N) is 1. The molecule has 2 atom stereocenters. The van der Waals surface area contributed by atoms with E-state index in [4.69, 9.17) is 0 Å². The molecule has 0 saturated heterocycles. The van der Waals surface area contributed by atoms with Crippen LogP contribution in [0.15, 0.2) is 48.5 Å². The van der Waals surface area contributed by atoms with Gasteiger partial charge in [-0.05, 0) is 37.1 Å². The van der Waals surface area contributed by atoms with Gasteiger partial charge in [0.2, 0.25) is 0 Å². The largest absolute Gasteiger partial charge is 0.307 e. The Hall–Kier alpha value is -2.75. The van der Waals surface area contributed by atoms with Gasteiger partial charge in [0.1, 0.15) is 5.78 Å². The number of hydrogen-bond donors (Lipinski definition) is 0. The van der Waals surface area contributed by atoms with E-state index >= 15 is 0 Å². The summed E-state index contributed by atoms with van der Waals surface area (Å²) in [5, 5.41) is 0. The molecule has 4 heteroatoms. The molecule has 126 valence electrons. The Morgan fingerprint density at radius 1 is 1.08 bits per heavy atom. The highest BCUT2D eigenvalue weighted by atomic mass is 16.2. The summed E-state index contributed by atoms with van der Waals surface area (Å²) in [6.45, 7) is 2.10. The second-order valence-electron chi connectivity index (χ2n) is 6.92. The van der Waals surface area contributed by atoms with Crippen molar-refractivity contribution >= 4 is 23.2 Å². The zero-order chi connectivity index (χ0) is 17.6. The van der Waals surface area contributed by atoms with Crippen LogP contribution in [0.25, 0.3) is 0 Å². The summed E-state index contributed by atoms with van der Waals surface area (Å²) in [7, 11) is 0. The molecule has 2 unspecified atom stereocenters. The maximum atomic E-state index is 12.9. The van der Waals surface area contributed by atoms with Crippen molar-refractivity contribution in [2.75, 3.05) is 11.4 Å². The molecule has 0 fully saturated rings. The zero-order valence-corrected chi connectivity index (χ0v) is 14.1. The number of benzene rings is 2. The van der Waals surface area contributed by atoms with Crippen molar-refractivity contribution in [3.05, 3.63) is 65.2 Å². The Labute approximate surface area is 146 Å². The summed E-state index contributed by atoms with van der Waals surface area (Å²) in [6, 6.07) is 14.8. The van der Waals surface area contributed by atoms with Crippen LogP contribution in [-0.4, -0.2) is 24.0 Å². The normalized spacial score (nSPS) is 21.2. The van der Waals surface area contributed by atoms with Crippen molar-refractivity contribution in [2.24, 2.45) is 5.92 Å². The predicted octanol–water partition coefficient (Wildman–Crippen LogP) is 3.61. The van der Waals surface area contributed by atoms with Crippen molar-refractivity contribution in [1.82, 2.24) is 0 Å². The highest BCUT2D eigenvalue weighted by molar-refractivity contribution is 6.10. The first-order valence-corrected chi connectivity index (χ1v) is 8.59. The van der Waals surface area contributed by atoms with Crippen LogP contribution in [0.1, 0.15) is 52.0 Å². The number of carbonyl (C=O) groups excluding carboxylic acids is 3. The fourth-order valence-electron chi connectivity index (χ4n) is 4.16. The van der Waals surface area contributed by atoms with E-state index in [0.29, 0.717) is 24.1 Å². The van der Waals surface area contributed by atoms with Gasteiger partial charge in [-0.1, -0.05) is 30.3 Å². The molecule has 1 aliphatic carbocycles. The highest BCUT2D eigenvalue weighted by Gasteiger charge is 2.42. The Kier molecular flexibility index (Phi) is 3.75. The van der Waals surface area contributed by atoms with E-state index in [0.717, 1.165) is 11.3 Å². The fraction of sp³-hybridized carbons (Fsp3) is 0.286. The van der Waals surface area contributed by atoms with Crippen LogP contribution in [0.5, 0.6) is 0 Å². The van der Waals surface area contributed by atoms with Crippen LogP contribution >= 0.6 is 0 Å². The molecule has 0 aromatic heterocycles. The number of carbonyl (C=O) groups is 3. The second kappa shape index (κ2) is 5.96. The Morgan fingerprint density at radius 2 is 1.84 bits per heavy atom. The Balaban J connectivity index is 1.72. The average Bonchev–Trinajstić information content (AvgIpc) is 2.98. The highest BCUT2D eigenvalue weighted by Crippen LogP contribution is 2.47. The number of Topliss-reactive ketones (excluding diaryl/α,β-unsaturated/α-hetero) is 2. The molecule has 2 aromatic carbocycles. The summed E-state index contributed by atoms with van der Waals surface area (Å²) >= 11 is 0. The monoisotopic (exact) mass is 333 g/mol. The first-order chi connectivity index (χ1) is 12.1. The topological polar surface area (TPSA) is 54.5 Å². The average molecular weight is 333 g/mol. The van der Waals surface area contributed by atoms with Crippen LogP contribution in [0.3, 0.4) is 0 Å². The van der Waals surface area contributed by atoms with E-state index in [1.165, 1.54) is 6.92 Å². The van der Waals surface area contributed by atoms with Gasteiger partial charge in [0.05, 0.1) is 0 Å². The Morgan fingerprint density at radius 3 is 2.56 bits per heavy atom. The molecule has 0 bridgehead atoms. The van der Waals surface area contributed by atoms with Gasteiger partial charge in [0.25, 0.3) is 5.91 Å². The van der Waals surface area contributed by atoms with Gasteiger partial charge in [-0.25, -0.2) is 0 Å². The number of rotatable bonds is 3. The summed E-state index contributed by atoms with van der Waals surface area (Å²) in [5.41, 5.74) is 3.15. The van der Waals surface area contributed by atoms with Gasteiger partial charge < -0.3 is 9.69 Å². The maximum absolute atomic E-state index is 12.9. The minimum atomic E-state index is -0.267. The summed E-state index contributed by atoms with van der Waals surface area (Å²) < 4.78 is 0. The molecular weight excluding hydrogens is 314 g/mol. The minimum absolute atomic E-state index is 0.0353. The summed E-state index contributed by atoms with van der Waals surface area (Å²) in [6.07, 6.45) is 0.923. The first-order valence-electron chi connectivity index (χ1n) is 8.59. The SMILES string of the molecule is CC(=O)CC1CC2CN(C(=O)c3ccccc3)c3cccc(c32)C1=O. The molecule has 0 N–H and O–H groups in total. The molecule has 4 nitrogen and oxygen atoms in total. The van der Waals surface area contributed by atoms with E-state index in [1.54, 1.807) is 4.90 Å². The molecule has 2 aromatic rings. The molecule has 1 aliphatic heterocycles. The van der Waals surface area contributed by atoms with Crippen molar-refractivity contribution in [3.63, 3.8) is 0 Å². The fourth-order valence-corrected chi connectivity index (χ4v) is 4.16. The summed E-state index contributed by atoms with van der Waals surface area (Å²) in [4.78, 5) is 39.0. The second-order valence-corrected chi connectivity index (χ2v) is 6.92. The maximum Gasteiger partial charge on any atom is 0.258 e. The van der Waals surface area contributed by atoms with E-state index < -0.39 is 0 Å². The number of ketones is 2. The number of anilines is 1. The van der Waals surface area contributed by atoms with Gasteiger partial charge in [-0.15, -0.1) is 0 Å². The lowest BCUT2D eigenvalue weighted by Crippen LogP contribution is -2.31. The molecule has 25 heavy (non-hydrogen) atoms. The molecule has 0 spiro atoms. The van der Waals surface area contributed by atoms with Crippen molar-refractivity contribution < 1.29 is 14.4 Å². The van der Waals surface area contributed by atoms with Gasteiger partial charge >= 0.3 is 0 Å². The van der Waals surface area contributed by atoms with E-state index in [-0.39, 0.29) is 35.7 Å². The van der Waals surface area contributed by atoms with Crippen LogP contribution < -0.4 is 4.90 Å². The van der Waals surface area contributed by atoms with Gasteiger partial charge in [0.15, 0.2) is 5.78 Å². The lowest BCUT2D eigenvalue weighted by molar-refractivity contribution is -0.117. The van der Waals surface area contributed by atoms with Crippen molar-refractivity contribution in [2.45, 2.75) is 25.7 Å². The van der Waals surface area contributed by atoms with Gasteiger partial charge in [-0.3, -0.25) is 9.59 Å². The van der Waals surface area contributed by atoms with Gasteiger partial charge in [0, 0.05) is 41.6 Å². The smallest absolute Gasteiger partial charge is 0.258 e. The van der Waals surface area contributed by atoms with Crippen LogP contribution in [0, 0.1) is 5.92 Å². The lowest BCUT2D eigenvalue weighted by Gasteiger charge is -2.26. The molecule has 1 heterocycles. The first kappa shape index (κ1) is 15.8. The number of amides is 1. The molecule has 0 saturated carbocycles. The van der Waals surface area contributed by atoms with Gasteiger partial charge in [-0.2, -0.15) is 0 Å². The third-order valence-corrected chi connectivity index (χ3v) is 5.19. The summed E-state index contributed by atoms with van der Waals surface area (Å²) in [5.74, 6) is -0.109. The number of hydrogen-bond acceptors (Lipinski definition) is 3. The Bertz CT molecular complexity index is 872. The lowest BCUT2D eigenvalue weighted by atomic mass is 9.75. The van der Waals surface area contributed by atoms with E-state index in [9.17, 15) is 14.4 Å². The van der Waals surface area contributed by atoms with Crippen LogP contribution in [0.2, 0.25) is 0 Å². The van der Waals surface area contributed by atoms with Crippen LogP contribution in [-0.2, 0) is 4.79 Å². The molecule has 0 radical (unpaired) electrons.